The Bertz CT molecular complexity index is 1050. The van der Waals surface area contributed by atoms with E-state index in [9.17, 15) is 9.59 Å². The predicted octanol–water partition coefficient (Wildman–Crippen LogP) is 2.46. The molecule has 31 heavy (non-hydrogen) atoms. The van der Waals surface area contributed by atoms with E-state index >= 15 is 0 Å². The molecular weight excluding hydrogens is 394 g/mol. The minimum atomic E-state index is -0.0492. The van der Waals surface area contributed by atoms with Crippen LogP contribution in [0.25, 0.3) is 5.65 Å². The number of fused-ring (bicyclic) bond motifs is 1. The molecule has 9 nitrogen and oxygen atoms in total. The van der Waals surface area contributed by atoms with Crippen LogP contribution in [-0.2, 0) is 4.79 Å². The average molecular weight is 422 g/mol. The van der Waals surface area contributed by atoms with Gasteiger partial charge in [-0.2, -0.15) is 4.52 Å². The van der Waals surface area contributed by atoms with E-state index in [4.69, 9.17) is 0 Å². The summed E-state index contributed by atoms with van der Waals surface area (Å²) < 4.78 is 1.66. The SMILES string of the molecule is CCN(CC)C(=O)c1ccc(NC(=O)C2CCN(c3ccc4nncn4n3)CC2)cc1. The van der Waals surface area contributed by atoms with Gasteiger partial charge in [0.25, 0.3) is 5.91 Å². The minimum absolute atomic E-state index is 0.00789. The van der Waals surface area contributed by atoms with E-state index in [1.54, 1.807) is 40.0 Å². The average Bonchev–Trinajstić information content (AvgIpc) is 3.28. The highest BCUT2D eigenvalue weighted by atomic mass is 16.2. The Labute approximate surface area is 181 Å². The third-order valence-electron chi connectivity index (χ3n) is 5.79. The number of hydrogen-bond acceptors (Lipinski definition) is 6. The van der Waals surface area contributed by atoms with Crippen molar-refractivity contribution in [2.45, 2.75) is 26.7 Å². The molecule has 2 aromatic heterocycles. The molecular formula is C22H27N7O2. The topological polar surface area (TPSA) is 95.7 Å². The van der Waals surface area contributed by atoms with Gasteiger partial charge in [-0.25, -0.2) is 0 Å². The Hall–Kier alpha value is -3.49. The molecule has 0 aliphatic carbocycles. The summed E-state index contributed by atoms with van der Waals surface area (Å²) in [6.07, 6.45) is 3.10. The first kappa shape index (κ1) is 20.8. The van der Waals surface area contributed by atoms with Crippen LogP contribution in [0.2, 0.25) is 0 Å². The molecule has 2 amide bonds. The molecule has 9 heteroatoms. The van der Waals surface area contributed by atoms with Crippen molar-refractivity contribution in [3.05, 3.63) is 48.3 Å². The van der Waals surface area contributed by atoms with Crippen LogP contribution >= 0.6 is 0 Å². The maximum atomic E-state index is 12.7. The second-order valence-electron chi connectivity index (χ2n) is 7.63. The zero-order chi connectivity index (χ0) is 21.8. The molecule has 1 aliphatic heterocycles. The standard InChI is InChI=1S/C22H27N7O2/c1-3-27(4-2)22(31)17-5-7-18(8-6-17)24-21(30)16-11-13-28(14-12-16)20-10-9-19-25-23-15-29(19)26-20/h5-10,15-16H,3-4,11-14H2,1-2H3,(H,24,30). The zero-order valence-corrected chi connectivity index (χ0v) is 17.9. The number of benzene rings is 1. The van der Waals surface area contributed by atoms with Gasteiger partial charge in [0.05, 0.1) is 0 Å². The van der Waals surface area contributed by atoms with E-state index in [2.05, 4.69) is 25.5 Å². The maximum absolute atomic E-state index is 12.7. The summed E-state index contributed by atoms with van der Waals surface area (Å²) in [4.78, 5) is 29.1. The molecule has 1 fully saturated rings. The maximum Gasteiger partial charge on any atom is 0.253 e. The second-order valence-corrected chi connectivity index (χ2v) is 7.63. The van der Waals surface area contributed by atoms with Crippen LogP contribution in [0.15, 0.2) is 42.7 Å². The molecule has 0 unspecified atom stereocenters. The number of hydrogen-bond donors (Lipinski definition) is 1. The van der Waals surface area contributed by atoms with Gasteiger partial charge in [0.2, 0.25) is 5.91 Å². The summed E-state index contributed by atoms with van der Waals surface area (Å²) in [6.45, 7) is 6.80. The fourth-order valence-electron chi connectivity index (χ4n) is 3.89. The fourth-order valence-corrected chi connectivity index (χ4v) is 3.89. The van der Waals surface area contributed by atoms with Crippen LogP contribution in [0.4, 0.5) is 11.5 Å². The molecule has 1 N–H and O–H groups in total. The first-order valence-electron chi connectivity index (χ1n) is 10.7. The quantitative estimate of drug-likeness (QED) is 0.657. The van der Waals surface area contributed by atoms with E-state index in [1.807, 2.05) is 26.0 Å². The first-order chi connectivity index (χ1) is 15.1. The number of amides is 2. The molecule has 1 aromatic carbocycles. The third-order valence-corrected chi connectivity index (χ3v) is 5.79. The highest BCUT2D eigenvalue weighted by Crippen LogP contribution is 2.23. The van der Waals surface area contributed by atoms with Crippen LogP contribution in [0, 0.1) is 5.92 Å². The summed E-state index contributed by atoms with van der Waals surface area (Å²) in [5.41, 5.74) is 2.05. The van der Waals surface area contributed by atoms with Crippen LogP contribution < -0.4 is 10.2 Å². The van der Waals surface area contributed by atoms with Crippen molar-refractivity contribution >= 4 is 29.0 Å². The molecule has 0 radical (unpaired) electrons. The van der Waals surface area contributed by atoms with Crippen LogP contribution in [0.1, 0.15) is 37.0 Å². The molecule has 4 rings (SSSR count). The summed E-state index contributed by atoms with van der Waals surface area (Å²) >= 11 is 0. The second kappa shape index (κ2) is 9.11. The lowest BCUT2D eigenvalue weighted by Gasteiger charge is -2.32. The lowest BCUT2D eigenvalue weighted by atomic mass is 9.95. The molecule has 1 saturated heterocycles. The molecule has 162 valence electrons. The Kier molecular flexibility index (Phi) is 6.11. The Morgan fingerprint density at radius 2 is 1.77 bits per heavy atom. The molecule has 0 spiro atoms. The number of carbonyl (C=O) groups excluding carboxylic acids is 2. The van der Waals surface area contributed by atoms with E-state index in [0.717, 1.165) is 31.7 Å². The normalized spacial score (nSPS) is 14.6. The van der Waals surface area contributed by atoms with Crippen LogP contribution in [0.5, 0.6) is 0 Å². The first-order valence-corrected chi connectivity index (χ1v) is 10.7. The van der Waals surface area contributed by atoms with E-state index in [0.29, 0.717) is 30.0 Å². The van der Waals surface area contributed by atoms with Gasteiger partial charge in [0.15, 0.2) is 5.65 Å². The highest BCUT2D eigenvalue weighted by molar-refractivity contribution is 5.96. The largest absolute Gasteiger partial charge is 0.355 e. The summed E-state index contributed by atoms with van der Waals surface area (Å²) in [5.74, 6) is 0.838. The van der Waals surface area contributed by atoms with Gasteiger partial charge in [-0.3, -0.25) is 9.59 Å². The number of nitrogens with zero attached hydrogens (tertiary/aromatic N) is 6. The van der Waals surface area contributed by atoms with Gasteiger partial charge in [-0.1, -0.05) is 0 Å². The zero-order valence-electron chi connectivity index (χ0n) is 17.9. The number of anilines is 2. The number of piperidine rings is 1. The van der Waals surface area contributed by atoms with Gasteiger partial charge in [0.1, 0.15) is 12.1 Å². The van der Waals surface area contributed by atoms with Gasteiger partial charge in [0, 0.05) is 43.3 Å². The van der Waals surface area contributed by atoms with E-state index in [-0.39, 0.29) is 17.7 Å². The number of nitrogens with one attached hydrogen (secondary N) is 1. The van der Waals surface area contributed by atoms with Gasteiger partial charge < -0.3 is 15.1 Å². The lowest BCUT2D eigenvalue weighted by Crippen LogP contribution is -2.38. The van der Waals surface area contributed by atoms with Crippen molar-refractivity contribution in [3.8, 4) is 0 Å². The van der Waals surface area contributed by atoms with Crippen molar-refractivity contribution in [1.82, 2.24) is 24.7 Å². The van der Waals surface area contributed by atoms with Crippen molar-refractivity contribution in [2.75, 3.05) is 36.4 Å². The van der Waals surface area contributed by atoms with Crippen LogP contribution in [-0.4, -0.2) is 62.7 Å². The monoisotopic (exact) mass is 421 g/mol. The van der Waals surface area contributed by atoms with E-state index in [1.165, 1.54) is 0 Å². The number of aromatic nitrogens is 4. The molecule has 0 atom stereocenters. The Morgan fingerprint density at radius 3 is 2.45 bits per heavy atom. The third kappa shape index (κ3) is 4.50. The summed E-state index contributed by atoms with van der Waals surface area (Å²) in [5, 5.41) is 15.3. The summed E-state index contributed by atoms with van der Waals surface area (Å²) in [6, 6.07) is 11.0. The van der Waals surface area contributed by atoms with Gasteiger partial charge in [-0.05, 0) is 63.1 Å². The summed E-state index contributed by atoms with van der Waals surface area (Å²) in [7, 11) is 0. The molecule has 1 aliphatic rings. The molecule has 0 saturated carbocycles. The van der Waals surface area contributed by atoms with Gasteiger partial charge in [-0.15, -0.1) is 15.3 Å². The van der Waals surface area contributed by atoms with Crippen molar-refractivity contribution < 1.29 is 9.59 Å². The minimum Gasteiger partial charge on any atom is -0.355 e. The Balaban J connectivity index is 1.32. The van der Waals surface area contributed by atoms with Crippen molar-refractivity contribution in [2.24, 2.45) is 5.92 Å². The number of rotatable bonds is 6. The smallest absolute Gasteiger partial charge is 0.253 e. The Morgan fingerprint density at radius 1 is 1.06 bits per heavy atom. The van der Waals surface area contributed by atoms with E-state index < -0.39 is 0 Å². The molecule has 3 heterocycles. The molecule has 3 aromatic rings. The van der Waals surface area contributed by atoms with Gasteiger partial charge >= 0.3 is 0 Å². The highest BCUT2D eigenvalue weighted by Gasteiger charge is 2.26. The lowest BCUT2D eigenvalue weighted by molar-refractivity contribution is -0.120. The number of carbonyl (C=O) groups is 2. The fraction of sp³-hybridized carbons (Fsp3) is 0.409. The van der Waals surface area contributed by atoms with Crippen LogP contribution in [0.3, 0.4) is 0 Å². The predicted molar refractivity (Wildman–Crippen MR) is 118 cm³/mol. The van der Waals surface area contributed by atoms with Crippen molar-refractivity contribution in [1.29, 1.82) is 0 Å². The van der Waals surface area contributed by atoms with Crippen molar-refractivity contribution in [3.63, 3.8) is 0 Å². The molecule has 0 bridgehead atoms.